The number of rotatable bonds is 5. The normalized spacial score (nSPS) is 20.4. The molecule has 1 amide bonds. The van der Waals surface area contributed by atoms with Gasteiger partial charge in [0.25, 0.3) is 5.91 Å². The molecule has 1 aliphatic heterocycles. The third kappa shape index (κ3) is 3.85. The summed E-state index contributed by atoms with van der Waals surface area (Å²) in [6.45, 7) is 3.45. The topological polar surface area (TPSA) is 59.6 Å². The molecule has 2 aromatic carbocycles. The molecular weight excluding hydrogens is 394 g/mol. The Morgan fingerprint density at radius 2 is 2.07 bits per heavy atom. The zero-order chi connectivity index (χ0) is 20.5. The molecular formula is C24H26N3O2S+. The van der Waals surface area contributed by atoms with Gasteiger partial charge >= 0.3 is 0 Å². The number of furan rings is 1. The Hall–Kier alpha value is -2.70. The Morgan fingerprint density at radius 3 is 2.93 bits per heavy atom. The molecule has 2 aromatic heterocycles. The quantitative estimate of drug-likeness (QED) is 0.513. The number of hydrogen-bond acceptors (Lipinski definition) is 4. The maximum absolute atomic E-state index is 12.9. The minimum Gasteiger partial charge on any atom is -0.459 e. The van der Waals surface area contributed by atoms with Gasteiger partial charge in [0, 0.05) is 11.8 Å². The summed E-state index contributed by atoms with van der Waals surface area (Å²) in [6, 6.07) is 18.4. The molecule has 5 nitrogen and oxygen atoms in total. The predicted molar refractivity (Wildman–Crippen MR) is 120 cm³/mol. The van der Waals surface area contributed by atoms with Crippen LogP contribution in [0.4, 0.5) is 0 Å². The van der Waals surface area contributed by atoms with Crippen LogP contribution in [0.2, 0.25) is 0 Å². The zero-order valence-corrected chi connectivity index (χ0v) is 17.9. The minimum absolute atomic E-state index is 0.0611. The van der Waals surface area contributed by atoms with Crippen molar-refractivity contribution in [2.45, 2.75) is 38.3 Å². The van der Waals surface area contributed by atoms with Gasteiger partial charge in [-0.05, 0) is 44.0 Å². The van der Waals surface area contributed by atoms with Crippen molar-refractivity contribution >= 4 is 38.4 Å². The number of carbonyl (C=O) groups excluding carboxylic acids is 1. The number of fused-ring (bicyclic) bond motifs is 2. The zero-order valence-electron chi connectivity index (χ0n) is 17.1. The lowest BCUT2D eigenvalue weighted by atomic mass is 10.0. The van der Waals surface area contributed by atoms with Crippen LogP contribution in [0.3, 0.4) is 0 Å². The number of likely N-dealkylation sites (tertiary alicyclic amines) is 1. The van der Waals surface area contributed by atoms with Crippen LogP contribution in [0.15, 0.2) is 59.0 Å². The van der Waals surface area contributed by atoms with Crippen molar-refractivity contribution in [2.75, 3.05) is 13.1 Å². The highest BCUT2D eigenvalue weighted by Gasteiger charge is 2.32. The number of amides is 1. The van der Waals surface area contributed by atoms with Gasteiger partial charge in [-0.15, -0.1) is 11.3 Å². The first-order valence-corrected chi connectivity index (χ1v) is 11.5. The molecule has 1 fully saturated rings. The summed E-state index contributed by atoms with van der Waals surface area (Å²) in [5.41, 5.74) is 1.91. The second kappa shape index (κ2) is 8.20. The minimum atomic E-state index is -0.157. The van der Waals surface area contributed by atoms with E-state index in [0.29, 0.717) is 12.6 Å². The molecule has 0 bridgehead atoms. The van der Waals surface area contributed by atoms with E-state index in [0.717, 1.165) is 46.6 Å². The molecule has 30 heavy (non-hydrogen) atoms. The second-order valence-electron chi connectivity index (χ2n) is 8.13. The van der Waals surface area contributed by atoms with E-state index in [1.807, 2.05) is 43.3 Å². The first-order chi connectivity index (χ1) is 14.7. The van der Waals surface area contributed by atoms with Crippen LogP contribution in [0.1, 0.15) is 49.0 Å². The van der Waals surface area contributed by atoms with E-state index in [4.69, 9.17) is 9.40 Å². The van der Waals surface area contributed by atoms with Crippen molar-refractivity contribution in [3.8, 4) is 0 Å². The van der Waals surface area contributed by atoms with Crippen LogP contribution in [0.5, 0.6) is 0 Å². The number of para-hydroxylation sites is 2. The van der Waals surface area contributed by atoms with Gasteiger partial charge in [0.2, 0.25) is 0 Å². The summed E-state index contributed by atoms with van der Waals surface area (Å²) in [4.78, 5) is 19.1. The number of piperidine rings is 1. The molecule has 5 rings (SSSR count). The highest BCUT2D eigenvalue weighted by atomic mass is 32.1. The van der Waals surface area contributed by atoms with Gasteiger partial charge in [0.1, 0.15) is 17.4 Å². The molecule has 154 valence electrons. The molecule has 1 unspecified atom stereocenters. The van der Waals surface area contributed by atoms with Gasteiger partial charge in [-0.25, -0.2) is 4.98 Å². The Kier molecular flexibility index (Phi) is 5.27. The standard InChI is InChI=1S/C24H25N3O2S/c1-16(21-14-17-8-2-4-11-20(17)29-21)25-23(28)15-27-13-7-6-10-19(27)24-26-18-9-3-5-12-22(18)30-24/h2-5,8-9,11-12,14,16,19H,6-7,10,13,15H2,1H3,(H,25,28)/p+1/t16-,19-/m1/s1. The first kappa shape index (κ1) is 19.3. The van der Waals surface area contributed by atoms with E-state index in [1.165, 1.54) is 16.0 Å². The molecule has 3 atom stereocenters. The lowest BCUT2D eigenvalue weighted by molar-refractivity contribution is -0.929. The molecule has 6 heteroatoms. The van der Waals surface area contributed by atoms with Crippen molar-refractivity contribution in [3.05, 3.63) is 65.4 Å². The Bertz CT molecular complexity index is 1120. The summed E-state index contributed by atoms with van der Waals surface area (Å²) < 4.78 is 7.14. The van der Waals surface area contributed by atoms with E-state index in [1.54, 1.807) is 11.3 Å². The van der Waals surface area contributed by atoms with Crippen LogP contribution in [0, 0.1) is 0 Å². The summed E-state index contributed by atoms with van der Waals surface area (Å²) in [5.74, 6) is 0.854. The number of nitrogens with one attached hydrogen (secondary N) is 2. The fourth-order valence-electron chi connectivity index (χ4n) is 4.41. The van der Waals surface area contributed by atoms with Gasteiger partial charge in [-0.1, -0.05) is 30.3 Å². The SMILES string of the molecule is C[C@@H](NC(=O)C[NH+]1CCCC[C@@H]1c1nc2ccccc2s1)c1cc2ccccc2o1. The van der Waals surface area contributed by atoms with Crippen LogP contribution in [-0.4, -0.2) is 24.0 Å². The summed E-state index contributed by atoms with van der Waals surface area (Å²) >= 11 is 1.77. The van der Waals surface area contributed by atoms with Crippen LogP contribution >= 0.6 is 11.3 Å². The average molecular weight is 421 g/mol. The smallest absolute Gasteiger partial charge is 0.275 e. The fraction of sp³-hybridized carbons (Fsp3) is 0.333. The lowest BCUT2D eigenvalue weighted by Gasteiger charge is -2.31. The van der Waals surface area contributed by atoms with Gasteiger partial charge in [-0.2, -0.15) is 0 Å². The Balaban J connectivity index is 1.28. The predicted octanol–water partition coefficient (Wildman–Crippen LogP) is 4.03. The van der Waals surface area contributed by atoms with Gasteiger partial charge < -0.3 is 14.6 Å². The maximum Gasteiger partial charge on any atom is 0.275 e. The number of carbonyl (C=O) groups is 1. The van der Waals surface area contributed by atoms with Gasteiger partial charge in [0.05, 0.1) is 22.8 Å². The average Bonchev–Trinajstić information content (AvgIpc) is 3.38. The molecule has 1 saturated heterocycles. The Labute approximate surface area is 179 Å². The fourth-order valence-corrected chi connectivity index (χ4v) is 5.57. The maximum atomic E-state index is 12.9. The van der Waals surface area contributed by atoms with Crippen LogP contribution in [0.25, 0.3) is 21.2 Å². The van der Waals surface area contributed by atoms with Crippen molar-refractivity contribution in [2.24, 2.45) is 0 Å². The monoisotopic (exact) mass is 420 g/mol. The highest BCUT2D eigenvalue weighted by molar-refractivity contribution is 7.18. The van der Waals surface area contributed by atoms with Gasteiger partial charge in [0.15, 0.2) is 11.6 Å². The van der Waals surface area contributed by atoms with E-state index >= 15 is 0 Å². The molecule has 1 aliphatic rings. The number of thiazole rings is 1. The number of nitrogens with zero attached hydrogens (tertiary/aromatic N) is 1. The molecule has 3 heterocycles. The van der Waals surface area contributed by atoms with E-state index in [-0.39, 0.29) is 11.9 Å². The molecule has 0 aliphatic carbocycles. The van der Waals surface area contributed by atoms with Crippen LogP contribution < -0.4 is 10.2 Å². The van der Waals surface area contributed by atoms with E-state index < -0.39 is 0 Å². The Morgan fingerprint density at radius 1 is 1.23 bits per heavy atom. The highest BCUT2D eigenvalue weighted by Crippen LogP contribution is 2.28. The van der Waals surface area contributed by atoms with Crippen molar-refractivity contribution < 1.29 is 14.1 Å². The molecule has 4 aromatic rings. The van der Waals surface area contributed by atoms with E-state index in [2.05, 4.69) is 23.5 Å². The summed E-state index contributed by atoms with van der Waals surface area (Å²) in [7, 11) is 0. The molecule has 0 saturated carbocycles. The third-order valence-corrected chi connectivity index (χ3v) is 7.13. The van der Waals surface area contributed by atoms with Crippen molar-refractivity contribution in [1.82, 2.24) is 10.3 Å². The number of quaternary nitrogens is 1. The molecule has 0 radical (unpaired) electrons. The number of benzene rings is 2. The van der Waals surface area contributed by atoms with Gasteiger partial charge in [-0.3, -0.25) is 4.79 Å². The molecule has 2 N–H and O–H groups in total. The largest absolute Gasteiger partial charge is 0.459 e. The first-order valence-electron chi connectivity index (χ1n) is 10.7. The number of hydrogen-bond donors (Lipinski definition) is 2. The number of aromatic nitrogens is 1. The summed E-state index contributed by atoms with van der Waals surface area (Å²) in [6.07, 6.45) is 3.44. The van der Waals surface area contributed by atoms with E-state index in [9.17, 15) is 4.79 Å². The summed E-state index contributed by atoms with van der Waals surface area (Å²) in [5, 5.41) is 5.35. The van der Waals surface area contributed by atoms with Crippen molar-refractivity contribution in [1.29, 1.82) is 0 Å². The van der Waals surface area contributed by atoms with Crippen molar-refractivity contribution in [3.63, 3.8) is 0 Å². The lowest BCUT2D eigenvalue weighted by Crippen LogP contribution is -3.14. The van der Waals surface area contributed by atoms with Crippen LogP contribution in [-0.2, 0) is 4.79 Å². The third-order valence-electron chi connectivity index (χ3n) is 5.98. The molecule has 0 spiro atoms. The second-order valence-corrected chi connectivity index (χ2v) is 9.19.